The van der Waals surface area contributed by atoms with E-state index in [-0.39, 0.29) is 28.5 Å². The molecule has 0 aromatic heterocycles. The van der Waals surface area contributed by atoms with Crippen molar-refractivity contribution in [2.24, 2.45) is 11.3 Å². The van der Waals surface area contributed by atoms with Gasteiger partial charge in [0.05, 0.1) is 13.2 Å². The van der Waals surface area contributed by atoms with Gasteiger partial charge in [0.1, 0.15) is 17.1 Å². The zero-order chi connectivity index (χ0) is 26.4. The molecule has 1 saturated carbocycles. The van der Waals surface area contributed by atoms with Crippen LogP contribution in [0, 0.1) is 11.3 Å². The average molecular weight is 496 g/mol. The lowest BCUT2D eigenvalue weighted by Crippen LogP contribution is -2.58. The van der Waals surface area contributed by atoms with Crippen molar-refractivity contribution >= 4 is 11.6 Å². The summed E-state index contributed by atoms with van der Waals surface area (Å²) >= 11 is 0. The molecule has 0 saturated heterocycles. The second-order valence-electron chi connectivity index (χ2n) is 11.1. The largest absolute Gasteiger partial charge is 0.507 e. The first-order chi connectivity index (χ1) is 16.9. The van der Waals surface area contributed by atoms with Crippen molar-refractivity contribution in [3.8, 4) is 23.0 Å². The SMILES string of the molecule is COc1cc(C(=O)Nc2cc(O)c(CC=C(C)C)c(O)c2)cc2c1O[C@]1(C)CC[C@@H](O)C(C)(C)[C@H]1C2. The number of phenolic OH excluding ortho intramolecular Hbond substituents is 2. The van der Waals surface area contributed by atoms with E-state index >= 15 is 0 Å². The Morgan fingerprint density at radius 3 is 2.44 bits per heavy atom. The number of aliphatic hydroxyl groups excluding tert-OH is 1. The fourth-order valence-corrected chi connectivity index (χ4v) is 5.69. The molecule has 7 heteroatoms. The van der Waals surface area contributed by atoms with E-state index in [1.807, 2.05) is 19.9 Å². The number of aromatic hydroxyl groups is 2. The number of benzene rings is 2. The minimum Gasteiger partial charge on any atom is -0.507 e. The molecule has 4 rings (SSSR count). The molecule has 1 amide bonds. The van der Waals surface area contributed by atoms with E-state index in [1.54, 1.807) is 19.2 Å². The van der Waals surface area contributed by atoms with Crippen LogP contribution in [0.1, 0.15) is 68.9 Å². The summed E-state index contributed by atoms with van der Waals surface area (Å²) in [5, 5.41) is 34.3. The van der Waals surface area contributed by atoms with E-state index in [4.69, 9.17) is 9.47 Å². The zero-order valence-electron chi connectivity index (χ0n) is 21.9. The summed E-state index contributed by atoms with van der Waals surface area (Å²) in [6.07, 6.45) is 3.94. The van der Waals surface area contributed by atoms with E-state index in [9.17, 15) is 20.1 Å². The molecule has 1 heterocycles. The summed E-state index contributed by atoms with van der Waals surface area (Å²) < 4.78 is 12.1. The third-order valence-corrected chi connectivity index (χ3v) is 7.96. The van der Waals surface area contributed by atoms with Gasteiger partial charge in [-0.3, -0.25) is 4.79 Å². The molecular weight excluding hydrogens is 458 g/mol. The molecule has 1 aliphatic heterocycles. The zero-order valence-corrected chi connectivity index (χ0v) is 21.9. The third-order valence-electron chi connectivity index (χ3n) is 7.96. The highest BCUT2D eigenvalue weighted by molar-refractivity contribution is 6.05. The van der Waals surface area contributed by atoms with Gasteiger partial charge in [0, 0.05) is 34.9 Å². The molecule has 0 radical (unpaired) electrons. The molecule has 36 heavy (non-hydrogen) atoms. The van der Waals surface area contributed by atoms with E-state index in [1.165, 1.54) is 12.1 Å². The van der Waals surface area contributed by atoms with Crippen molar-refractivity contribution in [1.29, 1.82) is 0 Å². The normalized spacial score (nSPS) is 24.1. The number of rotatable bonds is 5. The van der Waals surface area contributed by atoms with E-state index in [0.29, 0.717) is 41.9 Å². The van der Waals surface area contributed by atoms with Gasteiger partial charge in [0.2, 0.25) is 0 Å². The van der Waals surface area contributed by atoms with E-state index in [2.05, 4.69) is 26.1 Å². The maximum atomic E-state index is 13.2. The maximum absolute atomic E-state index is 13.2. The monoisotopic (exact) mass is 495 g/mol. The van der Waals surface area contributed by atoms with Gasteiger partial charge in [-0.05, 0) is 69.6 Å². The Labute approximate surface area is 212 Å². The third kappa shape index (κ3) is 4.64. The predicted molar refractivity (Wildman–Crippen MR) is 139 cm³/mol. The molecule has 2 aliphatic rings. The van der Waals surface area contributed by atoms with Crippen molar-refractivity contribution in [2.45, 2.75) is 72.0 Å². The molecule has 0 spiro atoms. The number of carbonyl (C=O) groups is 1. The second kappa shape index (κ2) is 9.36. The number of phenols is 2. The first-order valence-corrected chi connectivity index (χ1v) is 12.4. The predicted octanol–water partition coefficient (Wildman–Crippen LogP) is 5.36. The van der Waals surface area contributed by atoms with Crippen LogP contribution in [0.3, 0.4) is 0 Å². The van der Waals surface area contributed by atoms with Crippen molar-refractivity contribution in [1.82, 2.24) is 0 Å². The van der Waals surface area contributed by atoms with Crippen LogP contribution in [0.2, 0.25) is 0 Å². The summed E-state index contributed by atoms with van der Waals surface area (Å²) in [6, 6.07) is 6.31. The van der Waals surface area contributed by atoms with Gasteiger partial charge in [-0.2, -0.15) is 0 Å². The molecule has 2 aromatic carbocycles. The Balaban J connectivity index is 1.63. The summed E-state index contributed by atoms with van der Waals surface area (Å²) in [4.78, 5) is 13.2. The fourth-order valence-electron chi connectivity index (χ4n) is 5.69. The number of methoxy groups -OCH3 is 1. The Kier molecular flexibility index (Phi) is 6.73. The molecule has 1 fully saturated rings. The topological polar surface area (TPSA) is 108 Å². The van der Waals surface area contributed by atoms with Gasteiger partial charge >= 0.3 is 0 Å². The van der Waals surface area contributed by atoms with Crippen LogP contribution in [0.25, 0.3) is 0 Å². The van der Waals surface area contributed by atoms with Gasteiger partial charge in [-0.1, -0.05) is 25.5 Å². The Hall–Kier alpha value is -3.19. The van der Waals surface area contributed by atoms with Crippen LogP contribution in [0.15, 0.2) is 35.9 Å². The molecule has 0 bridgehead atoms. The standard InChI is InChI=1S/C29H37NO6/c1-16(2)7-8-20-21(31)14-19(15-22(20)32)30-27(34)18-11-17-13-24-28(3,4)25(33)9-10-29(24,5)36-26(17)23(12-18)35-6/h7,11-12,14-15,24-25,31-33H,8-10,13H2,1-6H3,(H,30,34)/t24-,25-,29-/m1/s1. The van der Waals surface area contributed by atoms with Crippen LogP contribution >= 0.6 is 0 Å². The number of nitrogens with one attached hydrogen (secondary N) is 1. The first kappa shape index (κ1) is 25.9. The van der Waals surface area contributed by atoms with Crippen molar-refractivity contribution in [3.63, 3.8) is 0 Å². The van der Waals surface area contributed by atoms with Crippen molar-refractivity contribution in [3.05, 3.63) is 52.6 Å². The van der Waals surface area contributed by atoms with E-state index in [0.717, 1.165) is 17.6 Å². The Morgan fingerprint density at radius 1 is 1.17 bits per heavy atom. The lowest BCUT2D eigenvalue weighted by atomic mass is 9.57. The molecule has 7 nitrogen and oxygen atoms in total. The molecule has 3 atom stereocenters. The van der Waals surface area contributed by atoms with Gasteiger partial charge < -0.3 is 30.1 Å². The molecular formula is C29H37NO6. The number of ether oxygens (including phenoxy) is 2. The minimum absolute atomic E-state index is 0.0616. The lowest BCUT2D eigenvalue weighted by Gasteiger charge is -2.55. The highest BCUT2D eigenvalue weighted by Gasteiger charge is 2.54. The average Bonchev–Trinajstić information content (AvgIpc) is 2.79. The first-order valence-electron chi connectivity index (χ1n) is 12.4. The number of amides is 1. The second-order valence-corrected chi connectivity index (χ2v) is 11.1. The van der Waals surface area contributed by atoms with Crippen LogP contribution in [0.5, 0.6) is 23.0 Å². The highest BCUT2D eigenvalue weighted by Crippen LogP contribution is 2.54. The summed E-state index contributed by atoms with van der Waals surface area (Å²) in [7, 11) is 1.55. The van der Waals surface area contributed by atoms with E-state index < -0.39 is 17.6 Å². The van der Waals surface area contributed by atoms with Crippen LogP contribution < -0.4 is 14.8 Å². The summed E-state index contributed by atoms with van der Waals surface area (Å²) in [5.74, 6) is 0.603. The summed E-state index contributed by atoms with van der Waals surface area (Å²) in [5.41, 5.74) is 2.21. The molecule has 194 valence electrons. The quantitative estimate of drug-likeness (QED) is 0.416. The number of fused-ring (bicyclic) bond motifs is 2. The van der Waals surface area contributed by atoms with Crippen LogP contribution in [0.4, 0.5) is 5.69 Å². The van der Waals surface area contributed by atoms with Crippen LogP contribution in [-0.2, 0) is 12.8 Å². The van der Waals surface area contributed by atoms with Gasteiger partial charge in [-0.25, -0.2) is 0 Å². The minimum atomic E-state index is -0.435. The highest BCUT2D eigenvalue weighted by atomic mass is 16.5. The lowest BCUT2D eigenvalue weighted by molar-refractivity contribution is -0.138. The molecule has 0 unspecified atom stereocenters. The number of hydrogen-bond acceptors (Lipinski definition) is 6. The summed E-state index contributed by atoms with van der Waals surface area (Å²) in [6.45, 7) is 10.1. The number of carbonyl (C=O) groups excluding carboxylic acids is 1. The number of aliphatic hydroxyl groups is 1. The molecule has 4 N–H and O–H groups in total. The van der Waals surface area contributed by atoms with Gasteiger partial charge in [0.15, 0.2) is 11.5 Å². The van der Waals surface area contributed by atoms with Crippen molar-refractivity contribution < 1.29 is 29.6 Å². The number of anilines is 1. The molecule has 1 aliphatic carbocycles. The fraction of sp³-hybridized carbons (Fsp3) is 0.483. The smallest absolute Gasteiger partial charge is 0.255 e. The number of hydrogen-bond donors (Lipinski definition) is 4. The van der Waals surface area contributed by atoms with Crippen molar-refractivity contribution in [2.75, 3.05) is 12.4 Å². The van der Waals surface area contributed by atoms with Gasteiger partial charge in [-0.15, -0.1) is 0 Å². The molecule has 2 aromatic rings. The van der Waals surface area contributed by atoms with Gasteiger partial charge in [0.25, 0.3) is 5.91 Å². The Morgan fingerprint density at radius 2 is 1.83 bits per heavy atom. The number of allylic oxidation sites excluding steroid dienone is 2. The van der Waals surface area contributed by atoms with Crippen LogP contribution in [-0.4, -0.2) is 40.0 Å². The maximum Gasteiger partial charge on any atom is 0.255 e. The Bertz CT molecular complexity index is 1190.